The third-order valence-electron chi connectivity index (χ3n) is 6.40. The van der Waals surface area contributed by atoms with Gasteiger partial charge in [-0.05, 0) is 86.5 Å². The average Bonchev–Trinajstić information content (AvgIpc) is 3.21. The van der Waals surface area contributed by atoms with Crippen LogP contribution in [0.3, 0.4) is 0 Å². The summed E-state index contributed by atoms with van der Waals surface area (Å²) in [5.74, 6) is -1.26. The number of β-amino-alcohol motifs (C(OH)–C–C–N with tert-alkyl or cyclic N) is 1. The molecule has 0 amide bonds. The summed E-state index contributed by atoms with van der Waals surface area (Å²) < 4.78 is 20.1. The summed E-state index contributed by atoms with van der Waals surface area (Å²) in [5, 5.41) is 20.8. The zero-order chi connectivity index (χ0) is 24.8. The van der Waals surface area contributed by atoms with Gasteiger partial charge in [0.1, 0.15) is 5.82 Å². The van der Waals surface area contributed by atoms with E-state index in [1.54, 1.807) is 26.0 Å². The summed E-state index contributed by atoms with van der Waals surface area (Å²) in [6.07, 6.45) is 2.02. The van der Waals surface area contributed by atoms with Crippen LogP contribution < -0.4 is 0 Å². The maximum absolute atomic E-state index is 14.2. The van der Waals surface area contributed by atoms with Gasteiger partial charge in [-0.15, -0.1) is 0 Å². The van der Waals surface area contributed by atoms with Gasteiger partial charge >= 0.3 is 5.97 Å². The Morgan fingerprint density at radius 1 is 1.26 bits per heavy atom. The highest BCUT2D eigenvalue weighted by Gasteiger charge is 2.27. The Morgan fingerprint density at radius 3 is 2.74 bits per heavy atom. The highest BCUT2D eigenvalue weighted by Crippen LogP contribution is 2.28. The first kappa shape index (κ1) is 26.9. The van der Waals surface area contributed by atoms with Gasteiger partial charge in [0.15, 0.2) is 0 Å². The number of aliphatic hydroxyl groups is 1. The number of benzene rings is 2. The molecule has 1 aliphatic rings. The number of carbonyl (C=O) groups is 1. The van der Waals surface area contributed by atoms with Crippen LogP contribution in [0.2, 0.25) is 10.0 Å². The molecule has 1 saturated heterocycles. The smallest absolute Gasteiger partial charge is 0.303 e. The van der Waals surface area contributed by atoms with Crippen LogP contribution in [0, 0.1) is 12.7 Å². The largest absolute Gasteiger partial charge is 0.481 e. The molecular weight excluding hydrogens is 480 g/mol. The van der Waals surface area contributed by atoms with E-state index >= 15 is 0 Å². The van der Waals surface area contributed by atoms with E-state index in [-0.39, 0.29) is 18.8 Å². The Labute approximate surface area is 210 Å². The summed E-state index contributed by atoms with van der Waals surface area (Å²) in [7, 11) is 0. The average molecular weight is 512 g/mol. The van der Waals surface area contributed by atoms with Crippen molar-refractivity contribution in [2.24, 2.45) is 0 Å². The predicted octanol–water partition coefficient (Wildman–Crippen LogP) is 5.60. The number of hydrogen-bond donors (Lipinski definition) is 2. The zero-order valence-corrected chi connectivity index (χ0v) is 21.1. The van der Waals surface area contributed by atoms with Gasteiger partial charge in [0, 0.05) is 19.0 Å². The molecule has 1 fully saturated rings. The predicted molar refractivity (Wildman–Crippen MR) is 132 cm³/mol. The molecular formula is C26H32Cl2FNO4. The molecule has 0 bridgehead atoms. The number of carboxylic acid groups (broad SMARTS) is 1. The Balaban J connectivity index is 1.56. The zero-order valence-electron chi connectivity index (χ0n) is 19.6. The Morgan fingerprint density at radius 2 is 2.03 bits per heavy atom. The van der Waals surface area contributed by atoms with E-state index in [1.807, 2.05) is 12.1 Å². The van der Waals surface area contributed by atoms with Crippen molar-refractivity contribution < 1.29 is 24.1 Å². The third-order valence-corrected chi connectivity index (χ3v) is 7.14. The fourth-order valence-electron chi connectivity index (χ4n) is 4.57. The normalized spacial score (nSPS) is 18.2. The van der Waals surface area contributed by atoms with Crippen molar-refractivity contribution in [2.45, 2.75) is 64.2 Å². The number of hydrogen-bond acceptors (Lipinski definition) is 4. The van der Waals surface area contributed by atoms with Crippen LogP contribution >= 0.6 is 23.2 Å². The number of likely N-dealkylation sites (tertiary alicyclic amines) is 1. The highest BCUT2D eigenvalue weighted by molar-refractivity contribution is 6.42. The lowest BCUT2D eigenvalue weighted by Gasteiger charge is -2.28. The minimum atomic E-state index is -0.905. The summed E-state index contributed by atoms with van der Waals surface area (Å²) in [6.45, 7) is 4.94. The van der Waals surface area contributed by atoms with Crippen LogP contribution in [0.15, 0.2) is 30.3 Å². The van der Waals surface area contributed by atoms with Gasteiger partial charge in [0.2, 0.25) is 0 Å². The number of rotatable bonds is 11. The van der Waals surface area contributed by atoms with Crippen molar-refractivity contribution in [3.8, 4) is 0 Å². The Hall–Kier alpha value is -1.70. The molecule has 2 N–H and O–H groups in total. The quantitative estimate of drug-likeness (QED) is 0.410. The van der Waals surface area contributed by atoms with Gasteiger partial charge in [0.25, 0.3) is 0 Å². The molecule has 8 heteroatoms. The third kappa shape index (κ3) is 7.40. The van der Waals surface area contributed by atoms with Crippen molar-refractivity contribution in [3.05, 3.63) is 68.4 Å². The summed E-state index contributed by atoms with van der Waals surface area (Å²) in [5.41, 5.74) is 2.96. The second-order valence-electron chi connectivity index (χ2n) is 9.07. The lowest BCUT2D eigenvalue weighted by molar-refractivity contribution is -0.136. The molecule has 2 aromatic carbocycles. The first-order chi connectivity index (χ1) is 16.1. The number of ether oxygens (including phenoxy) is 1. The van der Waals surface area contributed by atoms with E-state index < -0.39 is 18.2 Å². The number of aliphatic hydroxyl groups excluding tert-OH is 1. The number of halogens is 3. The number of nitrogens with zero attached hydrogens (tertiary/aromatic N) is 1. The fraction of sp³-hybridized carbons (Fsp3) is 0.500. The molecule has 3 rings (SSSR count). The van der Waals surface area contributed by atoms with Crippen LogP contribution in [-0.2, 0) is 22.4 Å². The molecule has 0 radical (unpaired) electrons. The second kappa shape index (κ2) is 12.3. The molecule has 1 aliphatic heterocycles. The Bertz CT molecular complexity index is 1000. The molecule has 0 aliphatic carbocycles. The summed E-state index contributed by atoms with van der Waals surface area (Å²) >= 11 is 12.2. The first-order valence-corrected chi connectivity index (χ1v) is 12.4. The minimum Gasteiger partial charge on any atom is -0.481 e. The van der Waals surface area contributed by atoms with E-state index in [0.717, 1.165) is 36.9 Å². The van der Waals surface area contributed by atoms with Gasteiger partial charge < -0.3 is 14.9 Å². The topological polar surface area (TPSA) is 70.0 Å². The minimum absolute atomic E-state index is 0.0391. The van der Waals surface area contributed by atoms with E-state index in [1.165, 1.54) is 6.07 Å². The van der Waals surface area contributed by atoms with Crippen molar-refractivity contribution >= 4 is 29.2 Å². The molecule has 0 spiro atoms. The van der Waals surface area contributed by atoms with E-state index in [0.29, 0.717) is 40.2 Å². The van der Waals surface area contributed by atoms with Gasteiger partial charge in [-0.3, -0.25) is 9.69 Å². The monoisotopic (exact) mass is 511 g/mol. The van der Waals surface area contributed by atoms with Crippen LogP contribution in [0.4, 0.5) is 4.39 Å². The molecule has 5 nitrogen and oxygen atoms in total. The lowest BCUT2D eigenvalue weighted by atomic mass is 9.96. The van der Waals surface area contributed by atoms with Crippen molar-refractivity contribution in [2.75, 3.05) is 19.7 Å². The van der Waals surface area contributed by atoms with Gasteiger partial charge in [-0.2, -0.15) is 0 Å². The lowest BCUT2D eigenvalue weighted by Crippen LogP contribution is -2.39. The molecule has 0 aromatic heterocycles. The number of aliphatic carboxylic acids is 1. The van der Waals surface area contributed by atoms with Crippen LogP contribution in [0.25, 0.3) is 0 Å². The first-order valence-electron chi connectivity index (χ1n) is 11.6. The van der Waals surface area contributed by atoms with Crippen molar-refractivity contribution in [1.29, 1.82) is 0 Å². The summed E-state index contributed by atoms with van der Waals surface area (Å²) in [6, 6.07) is 9.08. The maximum Gasteiger partial charge on any atom is 0.303 e. The second-order valence-corrected chi connectivity index (χ2v) is 9.88. The number of carboxylic acids is 1. The van der Waals surface area contributed by atoms with Crippen molar-refractivity contribution in [1.82, 2.24) is 4.90 Å². The van der Waals surface area contributed by atoms with E-state index in [4.69, 9.17) is 33.0 Å². The molecule has 3 atom stereocenters. The molecule has 34 heavy (non-hydrogen) atoms. The SMILES string of the molecule is Cc1cc(CCC(=O)O)c([C@@H](C)OC[C@H](O)CN2CCC[C@H]2Cc2ccc(Cl)c(Cl)c2)cc1F. The van der Waals surface area contributed by atoms with E-state index in [9.17, 15) is 14.3 Å². The maximum atomic E-state index is 14.2. The molecule has 186 valence electrons. The molecule has 0 unspecified atom stereocenters. The molecule has 1 heterocycles. The van der Waals surface area contributed by atoms with Gasteiger partial charge in [-0.1, -0.05) is 35.3 Å². The standard InChI is InChI=1S/C26H32Cl2FNO4/c1-16-10-19(6-8-26(32)33)22(13-25(16)29)17(2)34-15-21(31)14-30-9-3-4-20(30)11-18-5-7-23(27)24(28)12-18/h5,7,10,12-13,17,20-21,31H,3-4,6,8-9,11,14-15H2,1-2H3,(H,32,33)/t17-,20+,21-/m1/s1. The molecule has 0 saturated carbocycles. The summed E-state index contributed by atoms with van der Waals surface area (Å²) in [4.78, 5) is 13.3. The van der Waals surface area contributed by atoms with Crippen LogP contribution in [0.5, 0.6) is 0 Å². The molecule has 2 aromatic rings. The van der Waals surface area contributed by atoms with Crippen LogP contribution in [0.1, 0.15) is 54.5 Å². The van der Waals surface area contributed by atoms with Crippen LogP contribution in [-0.4, -0.2) is 52.9 Å². The fourth-order valence-corrected chi connectivity index (χ4v) is 4.89. The van der Waals surface area contributed by atoms with Gasteiger partial charge in [-0.25, -0.2) is 4.39 Å². The van der Waals surface area contributed by atoms with Gasteiger partial charge in [0.05, 0.1) is 28.9 Å². The number of aryl methyl sites for hydroxylation is 2. The Kier molecular flexibility index (Phi) is 9.74. The van der Waals surface area contributed by atoms with E-state index in [2.05, 4.69) is 4.90 Å². The van der Waals surface area contributed by atoms with Crippen molar-refractivity contribution in [3.63, 3.8) is 0 Å². The highest BCUT2D eigenvalue weighted by atomic mass is 35.5.